The summed E-state index contributed by atoms with van der Waals surface area (Å²) in [4.78, 5) is 11.6. The Morgan fingerprint density at radius 3 is 2.36 bits per heavy atom. The van der Waals surface area contributed by atoms with Gasteiger partial charge in [-0.1, -0.05) is 12.1 Å². The van der Waals surface area contributed by atoms with Gasteiger partial charge >= 0.3 is 0 Å². The number of anilines is 1. The molecule has 5 heteroatoms. The number of nitrogens with two attached hydrogens (primary N) is 1. The second kappa shape index (κ2) is 5.93. The van der Waals surface area contributed by atoms with Crippen molar-refractivity contribution in [1.29, 1.82) is 0 Å². The Labute approximate surface area is 130 Å². The fraction of sp³-hybridized carbons (Fsp3) is 0.412. The Morgan fingerprint density at radius 2 is 1.77 bits per heavy atom. The van der Waals surface area contributed by atoms with Crippen molar-refractivity contribution in [1.82, 2.24) is 9.97 Å². The first kappa shape index (κ1) is 14.8. The van der Waals surface area contributed by atoms with Gasteiger partial charge in [0.15, 0.2) is 5.82 Å². The van der Waals surface area contributed by atoms with Gasteiger partial charge in [-0.2, -0.15) is 0 Å². The van der Waals surface area contributed by atoms with E-state index in [4.69, 9.17) is 5.73 Å². The Kier molecular flexibility index (Phi) is 3.98. The van der Waals surface area contributed by atoms with Gasteiger partial charge in [0.05, 0.1) is 17.1 Å². The molecule has 1 aromatic heterocycles. The number of nitrogens with zero attached hydrogens (tertiary/aromatic N) is 3. The predicted octanol–water partition coefficient (Wildman–Crippen LogP) is 2.39. The molecule has 0 atom stereocenters. The first-order valence-electron chi connectivity index (χ1n) is 7.70. The van der Waals surface area contributed by atoms with Crippen molar-refractivity contribution in [2.75, 3.05) is 18.0 Å². The number of rotatable bonds is 2. The zero-order chi connectivity index (χ0) is 15.7. The Bertz CT molecular complexity index is 655. The molecule has 0 radical (unpaired) electrons. The normalized spacial score (nSPS) is 16.0. The lowest BCUT2D eigenvalue weighted by Gasteiger charge is -2.33. The van der Waals surface area contributed by atoms with Crippen LogP contribution < -0.4 is 10.6 Å². The average molecular weight is 298 g/mol. The lowest BCUT2D eigenvalue weighted by molar-refractivity contribution is 0.475. The summed E-state index contributed by atoms with van der Waals surface area (Å²) in [6.45, 7) is 5.95. The summed E-state index contributed by atoms with van der Waals surface area (Å²) in [6, 6.07) is 7.36. The molecule has 2 heterocycles. The second-order valence-electron chi connectivity index (χ2n) is 5.94. The highest BCUT2D eigenvalue weighted by Crippen LogP contribution is 2.28. The highest BCUT2D eigenvalue weighted by atomic mass is 16.3. The van der Waals surface area contributed by atoms with E-state index in [2.05, 4.69) is 14.9 Å². The van der Waals surface area contributed by atoms with Crippen LogP contribution in [-0.4, -0.2) is 34.2 Å². The van der Waals surface area contributed by atoms with Crippen LogP contribution in [0.3, 0.4) is 0 Å². The molecule has 116 valence electrons. The zero-order valence-electron chi connectivity index (χ0n) is 13.1. The van der Waals surface area contributed by atoms with Gasteiger partial charge in [-0.3, -0.25) is 0 Å². The lowest BCUT2D eigenvalue weighted by Crippen LogP contribution is -2.40. The minimum Gasteiger partial charge on any atom is -0.508 e. The van der Waals surface area contributed by atoms with E-state index in [1.807, 2.05) is 19.9 Å². The third-order valence-electron chi connectivity index (χ3n) is 4.19. The summed E-state index contributed by atoms with van der Waals surface area (Å²) in [7, 11) is 0. The van der Waals surface area contributed by atoms with Crippen LogP contribution >= 0.6 is 0 Å². The minimum atomic E-state index is 0.227. The Hall–Kier alpha value is -2.14. The smallest absolute Gasteiger partial charge is 0.159 e. The molecule has 0 unspecified atom stereocenters. The molecule has 1 aromatic carbocycles. The maximum atomic E-state index is 9.62. The summed E-state index contributed by atoms with van der Waals surface area (Å²) >= 11 is 0. The molecule has 1 aliphatic heterocycles. The highest BCUT2D eigenvalue weighted by molar-refractivity contribution is 5.62. The van der Waals surface area contributed by atoms with E-state index in [9.17, 15) is 5.11 Å². The van der Waals surface area contributed by atoms with Crippen molar-refractivity contribution in [3.8, 4) is 17.1 Å². The number of benzene rings is 1. The number of hydrogen-bond acceptors (Lipinski definition) is 5. The maximum Gasteiger partial charge on any atom is 0.159 e. The number of phenols is 1. The van der Waals surface area contributed by atoms with Gasteiger partial charge in [0.1, 0.15) is 5.75 Å². The number of phenolic OH excluding ortho intramolecular Hbond substituents is 1. The zero-order valence-corrected chi connectivity index (χ0v) is 13.1. The standard InChI is InChI=1S/C17H22N4O/c1-11-16(21-8-6-14(18)7-9-21)12(2)20-17(19-11)13-4-3-5-15(22)10-13/h3-5,10,14,22H,6-9,18H2,1-2H3. The molecule has 1 fully saturated rings. The van der Waals surface area contributed by atoms with E-state index in [1.165, 1.54) is 0 Å². The van der Waals surface area contributed by atoms with Gasteiger partial charge < -0.3 is 15.7 Å². The van der Waals surface area contributed by atoms with Crippen LogP contribution in [0.5, 0.6) is 5.75 Å². The van der Waals surface area contributed by atoms with E-state index in [-0.39, 0.29) is 5.75 Å². The molecule has 5 nitrogen and oxygen atoms in total. The molecule has 0 bridgehead atoms. The molecule has 22 heavy (non-hydrogen) atoms. The number of piperidine rings is 1. The summed E-state index contributed by atoms with van der Waals surface area (Å²) in [5.74, 6) is 0.883. The van der Waals surface area contributed by atoms with Crippen molar-refractivity contribution in [3.63, 3.8) is 0 Å². The summed E-state index contributed by atoms with van der Waals surface area (Å²) in [5, 5.41) is 9.62. The molecule has 1 saturated heterocycles. The van der Waals surface area contributed by atoms with Gasteiger partial charge in [-0.25, -0.2) is 9.97 Å². The Morgan fingerprint density at radius 1 is 1.14 bits per heavy atom. The molecule has 3 N–H and O–H groups in total. The van der Waals surface area contributed by atoms with Crippen molar-refractivity contribution < 1.29 is 5.11 Å². The topological polar surface area (TPSA) is 75.3 Å². The van der Waals surface area contributed by atoms with Crippen LogP contribution in [0, 0.1) is 13.8 Å². The summed E-state index contributed by atoms with van der Waals surface area (Å²) in [6.07, 6.45) is 2.01. The van der Waals surface area contributed by atoms with Gasteiger partial charge in [0, 0.05) is 24.7 Å². The van der Waals surface area contributed by atoms with Crippen molar-refractivity contribution in [2.24, 2.45) is 5.73 Å². The van der Waals surface area contributed by atoms with Crippen LogP contribution in [0.2, 0.25) is 0 Å². The molecule has 0 spiro atoms. The molecular weight excluding hydrogens is 276 g/mol. The maximum absolute atomic E-state index is 9.62. The van der Waals surface area contributed by atoms with Crippen molar-refractivity contribution in [2.45, 2.75) is 32.7 Å². The van der Waals surface area contributed by atoms with E-state index in [0.29, 0.717) is 11.9 Å². The first-order chi connectivity index (χ1) is 10.5. The second-order valence-corrected chi connectivity index (χ2v) is 5.94. The molecular formula is C17H22N4O. The minimum absolute atomic E-state index is 0.227. The van der Waals surface area contributed by atoms with Crippen LogP contribution in [0.25, 0.3) is 11.4 Å². The number of aryl methyl sites for hydroxylation is 2. The van der Waals surface area contributed by atoms with E-state index >= 15 is 0 Å². The molecule has 0 saturated carbocycles. The van der Waals surface area contributed by atoms with Gasteiger partial charge in [0.25, 0.3) is 0 Å². The van der Waals surface area contributed by atoms with Gasteiger partial charge in [-0.15, -0.1) is 0 Å². The average Bonchev–Trinajstić information content (AvgIpc) is 2.48. The third kappa shape index (κ3) is 2.90. The number of hydrogen-bond donors (Lipinski definition) is 2. The van der Waals surface area contributed by atoms with Crippen LogP contribution in [0.15, 0.2) is 24.3 Å². The van der Waals surface area contributed by atoms with E-state index in [1.54, 1.807) is 18.2 Å². The predicted molar refractivity (Wildman–Crippen MR) is 88.0 cm³/mol. The monoisotopic (exact) mass is 298 g/mol. The van der Waals surface area contributed by atoms with Crippen LogP contribution in [-0.2, 0) is 0 Å². The molecule has 0 aliphatic carbocycles. The van der Waals surface area contributed by atoms with Gasteiger partial charge in [0.2, 0.25) is 0 Å². The quantitative estimate of drug-likeness (QED) is 0.890. The fourth-order valence-electron chi connectivity index (χ4n) is 3.07. The third-order valence-corrected chi connectivity index (χ3v) is 4.19. The summed E-state index contributed by atoms with van der Waals surface area (Å²) < 4.78 is 0. The molecule has 3 rings (SSSR count). The number of aromatic hydroxyl groups is 1. The Balaban J connectivity index is 1.95. The van der Waals surface area contributed by atoms with Crippen molar-refractivity contribution in [3.05, 3.63) is 35.7 Å². The van der Waals surface area contributed by atoms with Gasteiger partial charge in [-0.05, 0) is 38.8 Å². The van der Waals surface area contributed by atoms with E-state index in [0.717, 1.165) is 48.6 Å². The van der Waals surface area contributed by atoms with E-state index < -0.39 is 0 Å². The van der Waals surface area contributed by atoms with Crippen LogP contribution in [0.1, 0.15) is 24.2 Å². The first-order valence-corrected chi connectivity index (χ1v) is 7.70. The van der Waals surface area contributed by atoms with Crippen molar-refractivity contribution >= 4 is 5.69 Å². The van der Waals surface area contributed by atoms with Crippen LogP contribution in [0.4, 0.5) is 5.69 Å². The number of aromatic nitrogens is 2. The molecule has 1 aliphatic rings. The highest BCUT2D eigenvalue weighted by Gasteiger charge is 2.21. The molecule has 0 amide bonds. The fourth-order valence-corrected chi connectivity index (χ4v) is 3.07. The largest absolute Gasteiger partial charge is 0.508 e. The lowest BCUT2D eigenvalue weighted by atomic mass is 10.0. The summed E-state index contributed by atoms with van der Waals surface area (Å²) in [5.41, 5.74) is 9.88. The SMILES string of the molecule is Cc1nc(-c2cccc(O)c2)nc(C)c1N1CCC(N)CC1. The molecule has 2 aromatic rings.